The number of hydrogen-bond acceptors (Lipinski definition) is 4. The summed E-state index contributed by atoms with van der Waals surface area (Å²) in [5.74, 6) is 0.673. The summed E-state index contributed by atoms with van der Waals surface area (Å²) < 4.78 is 5.59. The lowest BCUT2D eigenvalue weighted by Crippen LogP contribution is -2.39. The number of nitrogens with zero attached hydrogens (tertiary/aromatic N) is 1. The third-order valence-electron chi connectivity index (χ3n) is 2.37. The van der Waals surface area contributed by atoms with Gasteiger partial charge in [-0.2, -0.15) is 5.26 Å². The lowest BCUT2D eigenvalue weighted by molar-refractivity contribution is 0.281. The van der Waals surface area contributed by atoms with Crippen LogP contribution in [0.1, 0.15) is 5.56 Å². The molecule has 1 atom stereocenters. The molecule has 0 radical (unpaired) electrons. The zero-order valence-corrected chi connectivity index (χ0v) is 8.58. The number of ether oxygens (including phenoxy) is 1. The highest BCUT2D eigenvalue weighted by atomic mass is 16.5. The van der Waals surface area contributed by atoms with Crippen molar-refractivity contribution >= 4 is 5.69 Å². The van der Waals surface area contributed by atoms with E-state index in [4.69, 9.17) is 10.00 Å². The minimum Gasteiger partial charge on any atom is -0.488 e. The van der Waals surface area contributed by atoms with Gasteiger partial charge >= 0.3 is 0 Å². The van der Waals surface area contributed by atoms with Gasteiger partial charge in [-0.15, -0.1) is 0 Å². The maximum absolute atomic E-state index is 8.89. The number of benzene rings is 1. The van der Waals surface area contributed by atoms with E-state index in [1.807, 2.05) is 19.2 Å². The molecule has 0 aliphatic carbocycles. The van der Waals surface area contributed by atoms with E-state index in [1.54, 1.807) is 6.07 Å². The molecule has 0 saturated heterocycles. The second-order valence-electron chi connectivity index (χ2n) is 3.50. The van der Waals surface area contributed by atoms with Crippen molar-refractivity contribution in [2.45, 2.75) is 6.04 Å². The third kappa shape index (κ3) is 1.88. The van der Waals surface area contributed by atoms with Crippen LogP contribution in [-0.2, 0) is 0 Å². The zero-order valence-electron chi connectivity index (χ0n) is 8.58. The van der Waals surface area contributed by atoms with Crippen molar-refractivity contribution in [3.05, 3.63) is 23.8 Å². The maximum atomic E-state index is 8.89. The van der Waals surface area contributed by atoms with E-state index >= 15 is 0 Å². The summed E-state index contributed by atoms with van der Waals surface area (Å²) >= 11 is 0. The predicted molar refractivity (Wildman–Crippen MR) is 58.0 cm³/mol. The van der Waals surface area contributed by atoms with E-state index in [1.165, 1.54) is 0 Å². The molecule has 4 nitrogen and oxygen atoms in total. The molecule has 0 fully saturated rings. The second kappa shape index (κ2) is 4.20. The molecule has 1 unspecified atom stereocenters. The fourth-order valence-electron chi connectivity index (χ4n) is 1.70. The van der Waals surface area contributed by atoms with Gasteiger partial charge in [0.1, 0.15) is 12.7 Å². The Balaban J connectivity index is 2.25. The Bertz CT molecular complexity index is 397. The van der Waals surface area contributed by atoms with Crippen molar-refractivity contribution in [3.63, 3.8) is 0 Å². The second-order valence-corrected chi connectivity index (χ2v) is 3.50. The van der Waals surface area contributed by atoms with Gasteiger partial charge in [0, 0.05) is 6.54 Å². The summed E-state index contributed by atoms with van der Waals surface area (Å²) in [5.41, 5.74) is 1.49. The van der Waals surface area contributed by atoms with Crippen LogP contribution < -0.4 is 15.4 Å². The van der Waals surface area contributed by atoms with Crippen LogP contribution in [0.5, 0.6) is 5.75 Å². The predicted octanol–water partition coefficient (Wildman–Crippen LogP) is 0.951. The van der Waals surface area contributed by atoms with Crippen molar-refractivity contribution in [3.8, 4) is 11.8 Å². The van der Waals surface area contributed by atoms with Gasteiger partial charge in [-0.25, -0.2) is 0 Å². The largest absolute Gasteiger partial charge is 0.488 e. The lowest BCUT2D eigenvalue weighted by atomic mass is 10.1. The summed E-state index contributed by atoms with van der Waals surface area (Å²) in [5, 5.41) is 15.3. The van der Waals surface area contributed by atoms with Crippen molar-refractivity contribution < 1.29 is 4.74 Å². The summed E-state index contributed by atoms with van der Waals surface area (Å²) in [4.78, 5) is 0. The highest BCUT2D eigenvalue weighted by molar-refractivity contribution is 5.65. The number of hydrogen-bond donors (Lipinski definition) is 2. The molecule has 0 saturated carbocycles. The molecule has 78 valence electrons. The monoisotopic (exact) mass is 203 g/mol. The minimum absolute atomic E-state index is 0.261. The van der Waals surface area contributed by atoms with Crippen LogP contribution in [0.2, 0.25) is 0 Å². The van der Waals surface area contributed by atoms with Crippen LogP contribution in [0.15, 0.2) is 18.2 Å². The molecule has 1 aromatic rings. The van der Waals surface area contributed by atoms with Crippen LogP contribution in [0.4, 0.5) is 5.69 Å². The van der Waals surface area contributed by atoms with Crippen molar-refractivity contribution in [1.29, 1.82) is 5.26 Å². The van der Waals surface area contributed by atoms with Crippen molar-refractivity contribution in [2.24, 2.45) is 0 Å². The normalized spacial score (nSPS) is 18.3. The molecule has 15 heavy (non-hydrogen) atoms. The molecule has 1 heterocycles. The van der Waals surface area contributed by atoms with Gasteiger partial charge < -0.3 is 15.4 Å². The van der Waals surface area contributed by atoms with E-state index in [0.29, 0.717) is 17.9 Å². The van der Waals surface area contributed by atoms with Crippen LogP contribution in [0.3, 0.4) is 0 Å². The smallest absolute Gasteiger partial charge is 0.160 e. The average Bonchev–Trinajstić information content (AvgIpc) is 2.28. The summed E-state index contributed by atoms with van der Waals surface area (Å²) in [6, 6.07) is 7.93. The van der Waals surface area contributed by atoms with E-state index in [-0.39, 0.29) is 6.04 Å². The Hall–Kier alpha value is -1.73. The molecule has 2 rings (SSSR count). The Morgan fingerprint density at radius 3 is 3.27 bits per heavy atom. The first-order valence-corrected chi connectivity index (χ1v) is 4.92. The van der Waals surface area contributed by atoms with E-state index < -0.39 is 0 Å². The molecule has 2 N–H and O–H groups in total. The summed E-state index contributed by atoms with van der Waals surface area (Å²) in [6.45, 7) is 1.43. The first-order chi connectivity index (χ1) is 7.35. The molecule has 0 bridgehead atoms. The zero-order chi connectivity index (χ0) is 10.7. The highest BCUT2D eigenvalue weighted by Crippen LogP contribution is 2.31. The molecular formula is C11H13N3O. The fraction of sp³-hybridized carbons (Fsp3) is 0.364. The molecule has 4 heteroatoms. The Labute approximate surface area is 88.9 Å². The first-order valence-electron chi connectivity index (χ1n) is 4.92. The molecule has 1 aliphatic heterocycles. The quantitative estimate of drug-likeness (QED) is 0.751. The van der Waals surface area contributed by atoms with Gasteiger partial charge in [-0.1, -0.05) is 6.07 Å². The number of nitrogens with one attached hydrogen (secondary N) is 2. The van der Waals surface area contributed by atoms with Gasteiger partial charge in [0.05, 0.1) is 17.3 Å². The SMILES string of the molecule is CNCC1COc2c(C#N)cccc2N1. The number of fused-ring (bicyclic) bond motifs is 1. The standard InChI is InChI=1S/C11H13N3O/c1-13-6-9-7-15-11-8(5-12)3-2-4-10(11)14-9/h2-4,9,13-14H,6-7H2,1H3. The third-order valence-corrected chi connectivity index (χ3v) is 2.37. The fourth-order valence-corrected chi connectivity index (χ4v) is 1.70. The Morgan fingerprint density at radius 2 is 2.53 bits per heavy atom. The van der Waals surface area contributed by atoms with Gasteiger partial charge in [-0.3, -0.25) is 0 Å². The van der Waals surface area contributed by atoms with Crippen LogP contribution in [-0.4, -0.2) is 26.2 Å². The number of likely N-dealkylation sites (N-methyl/N-ethyl adjacent to an activating group) is 1. The molecule has 1 aromatic carbocycles. The molecular weight excluding hydrogens is 190 g/mol. The maximum Gasteiger partial charge on any atom is 0.160 e. The van der Waals surface area contributed by atoms with Gasteiger partial charge in [0.2, 0.25) is 0 Å². The molecule has 0 aromatic heterocycles. The van der Waals surface area contributed by atoms with Gasteiger partial charge in [-0.05, 0) is 19.2 Å². The van der Waals surface area contributed by atoms with E-state index in [0.717, 1.165) is 12.2 Å². The number of anilines is 1. The van der Waals surface area contributed by atoms with E-state index in [2.05, 4.69) is 16.7 Å². The lowest BCUT2D eigenvalue weighted by Gasteiger charge is -2.27. The number of nitriles is 1. The summed E-state index contributed by atoms with van der Waals surface area (Å²) in [6.07, 6.45) is 0. The Kier molecular flexibility index (Phi) is 2.75. The number of para-hydroxylation sites is 1. The molecule has 1 aliphatic rings. The summed E-state index contributed by atoms with van der Waals surface area (Å²) in [7, 11) is 1.91. The Morgan fingerprint density at radius 1 is 1.67 bits per heavy atom. The van der Waals surface area contributed by atoms with Crippen LogP contribution in [0.25, 0.3) is 0 Å². The number of rotatable bonds is 2. The minimum atomic E-state index is 0.261. The van der Waals surface area contributed by atoms with E-state index in [9.17, 15) is 0 Å². The van der Waals surface area contributed by atoms with Crippen molar-refractivity contribution in [2.75, 3.05) is 25.5 Å². The highest BCUT2D eigenvalue weighted by Gasteiger charge is 2.20. The molecule has 0 spiro atoms. The van der Waals surface area contributed by atoms with Gasteiger partial charge in [0.25, 0.3) is 0 Å². The van der Waals surface area contributed by atoms with Gasteiger partial charge in [0.15, 0.2) is 5.75 Å². The van der Waals surface area contributed by atoms with Crippen molar-refractivity contribution in [1.82, 2.24) is 5.32 Å². The van der Waals surface area contributed by atoms with Crippen LogP contribution >= 0.6 is 0 Å². The topological polar surface area (TPSA) is 57.1 Å². The first kappa shape index (κ1) is 9.81. The molecule has 0 amide bonds. The average molecular weight is 203 g/mol. The van der Waals surface area contributed by atoms with Crippen LogP contribution in [0, 0.1) is 11.3 Å².